The number of nitrogens with zero attached hydrogens (tertiary/aromatic N) is 1. The van der Waals surface area contributed by atoms with E-state index in [2.05, 4.69) is 10.3 Å². The van der Waals surface area contributed by atoms with Gasteiger partial charge in [-0.15, -0.1) is 11.3 Å². The van der Waals surface area contributed by atoms with Crippen LogP contribution in [0.15, 0.2) is 64.6 Å². The van der Waals surface area contributed by atoms with Gasteiger partial charge in [0.2, 0.25) is 0 Å². The van der Waals surface area contributed by atoms with E-state index in [4.69, 9.17) is 4.42 Å². The maximum Gasteiger partial charge on any atom is 0.417 e. The first-order valence-electron chi connectivity index (χ1n) is 7.08. The molecule has 2 aromatic heterocycles. The van der Waals surface area contributed by atoms with Gasteiger partial charge >= 0.3 is 6.18 Å². The fourth-order valence-electron chi connectivity index (χ4n) is 2.09. The second-order valence-corrected chi connectivity index (χ2v) is 5.78. The smallest absolute Gasteiger partial charge is 0.417 e. The molecule has 0 radical (unpaired) electrons. The first-order valence-corrected chi connectivity index (χ1v) is 7.96. The zero-order valence-electron chi connectivity index (χ0n) is 12.6. The minimum absolute atomic E-state index is 0.0828. The SMILES string of the molecule is O=C(/C=C(/c1ccccc1)C(F)(F)F)Nc1nc(-c2ccco2)cs1. The Labute approximate surface area is 144 Å². The lowest BCUT2D eigenvalue weighted by atomic mass is 10.1. The molecule has 0 saturated carbocycles. The van der Waals surface area contributed by atoms with Crippen molar-refractivity contribution in [2.45, 2.75) is 6.18 Å². The van der Waals surface area contributed by atoms with Crippen molar-refractivity contribution in [2.24, 2.45) is 0 Å². The molecule has 25 heavy (non-hydrogen) atoms. The fourth-order valence-corrected chi connectivity index (χ4v) is 2.79. The fraction of sp³-hybridized carbons (Fsp3) is 0.0588. The van der Waals surface area contributed by atoms with Crippen LogP contribution in [0.25, 0.3) is 17.0 Å². The highest BCUT2D eigenvalue weighted by atomic mass is 32.1. The van der Waals surface area contributed by atoms with E-state index in [0.29, 0.717) is 17.5 Å². The van der Waals surface area contributed by atoms with E-state index in [-0.39, 0.29) is 10.7 Å². The maximum atomic E-state index is 13.2. The van der Waals surface area contributed by atoms with Gasteiger partial charge in [0.25, 0.3) is 5.91 Å². The van der Waals surface area contributed by atoms with Gasteiger partial charge in [-0.2, -0.15) is 13.2 Å². The number of carbonyl (C=O) groups is 1. The number of nitrogens with one attached hydrogen (secondary N) is 1. The molecule has 1 aromatic carbocycles. The van der Waals surface area contributed by atoms with Gasteiger partial charge in [-0.3, -0.25) is 10.1 Å². The molecule has 3 aromatic rings. The minimum atomic E-state index is -4.65. The molecule has 0 saturated heterocycles. The minimum Gasteiger partial charge on any atom is -0.463 e. The Hall–Kier alpha value is -2.87. The summed E-state index contributed by atoms with van der Waals surface area (Å²) < 4.78 is 44.8. The quantitative estimate of drug-likeness (QED) is 0.664. The first kappa shape index (κ1) is 17.0. The molecule has 4 nitrogen and oxygen atoms in total. The lowest BCUT2D eigenvalue weighted by molar-refractivity contribution is -0.112. The van der Waals surface area contributed by atoms with E-state index in [1.54, 1.807) is 23.6 Å². The van der Waals surface area contributed by atoms with Crippen LogP contribution in [0.5, 0.6) is 0 Å². The molecule has 0 atom stereocenters. The highest BCUT2D eigenvalue weighted by Crippen LogP contribution is 2.34. The number of furan rings is 1. The number of hydrogen-bond acceptors (Lipinski definition) is 4. The second kappa shape index (κ2) is 6.94. The molecule has 0 fully saturated rings. The molecule has 0 spiro atoms. The molecule has 0 bridgehead atoms. The summed E-state index contributed by atoms with van der Waals surface area (Å²) in [6.45, 7) is 0. The largest absolute Gasteiger partial charge is 0.463 e. The van der Waals surface area contributed by atoms with Crippen LogP contribution in [0.3, 0.4) is 0 Å². The lowest BCUT2D eigenvalue weighted by Crippen LogP contribution is -2.16. The molecule has 0 aliphatic heterocycles. The van der Waals surface area contributed by atoms with Crippen molar-refractivity contribution in [1.82, 2.24) is 4.98 Å². The summed E-state index contributed by atoms with van der Waals surface area (Å²) in [7, 11) is 0. The van der Waals surface area contributed by atoms with Crippen molar-refractivity contribution >= 4 is 27.9 Å². The Kier molecular flexibility index (Phi) is 4.71. The van der Waals surface area contributed by atoms with Gasteiger partial charge in [0.05, 0.1) is 11.8 Å². The Bertz CT molecular complexity index is 884. The van der Waals surface area contributed by atoms with Gasteiger partial charge in [0.15, 0.2) is 10.9 Å². The number of benzene rings is 1. The van der Waals surface area contributed by atoms with Crippen molar-refractivity contribution in [2.75, 3.05) is 5.32 Å². The summed E-state index contributed by atoms with van der Waals surface area (Å²) in [5.74, 6) is -0.399. The molecule has 0 aliphatic rings. The Morgan fingerprint density at radius 2 is 1.92 bits per heavy atom. The number of thiazole rings is 1. The number of carbonyl (C=O) groups excluding carboxylic acids is 1. The van der Waals surface area contributed by atoms with Gasteiger partial charge in [-0.05, 0) is 17.7 Å². The summed E-state index contributed by atoms with van der Waals surface area (Å²) in [6, 6.07) is 10.5. The molecule has 1 N–H and O–H groups in total. The highest BCUT2D eigenvalue weighted by Gasteiger charge is 2.35. The van der Waals surface area contributed by atoms with Crippen LogP contribution < -0.4 is 5.32 Å². The van der Waals surface area contributed by atoms with Gasteiger partial charge in [-0.1, -0.05) is 30.3 Å². The van der Waals surface area contributed by atoms with Crippen LogP contribution in [-0.4, -0.2) is 17.1 Å². The summed E-state index contributed by atoms with van der Waals surface area (Å²) in [5.41, 5.74) is -0.609. The Morgan fingerprint density at radius 3 is 2.56 bits per heavy atom. The predicted molar refractivity (Wildman–Crippen MR) is 88.9 cm³/mol. The molecule has 1 amide bonds. The lowest BCUT2D eigenvalue weighted by Gasteiger charge is -2.11. The van der Waals surface area contributed by atoms with E-state index in [9.17, 15) is 18.0 Å². The van der Waals surface area contributed by atoms with Gasteiger partial charge in [0.1, 0.15) is 5.69 Å². The van der Waals surface area contributed by atoms with Crippen molar-refractivity contribution in [3.05, 3.63) is 65.7 Å². The molecule has 128 valence electrons. The highest BCUT2D eigenvalue weighted by molar-refractivity contribution is 7.14. The number of aromatic nitrogens is 1. The molecule has 0 unspecified atom stereocenters. The first-order chi connectivity index (χ1) is 11.9. The van der Waals surface area contributed by atoms with E-state index in [1.165, 1.54) is 30.5 Å². The molecular weight excluding hydrogens is 353 g/mol. The normalized spacial score (nSPS) is 12.2. The number of allylic oxidation sites excluding steroid dienone is 1. The van der Waals surface area contributed by atoms with E-state index < -0.39 is 17.7 Å². The maximum absolute atomic E-state index is 13.2. The summed E-state index contributed by atoms with van der Waals surface area (Å²) in [6.07, 6.45) is -2.64. The summed E-state index contributed by atoms with van der Waals surface area (Å²) in [4.78, 5) is 16.1. The monoisotopic (exact) mass is 364 g/mol. The van der Waals surface area contributed by atoms with Crippen molar-refractivity contribution in [1.29, 1.82) is 0 Å². The van der Waals surface area contributed by atoms with Crippen molar-refractivity contribution < 1.29 is 22.4 Å². The van der Waals surface area contributed by atoms with E-state index in [0.717, 1.165) is 11.3 Å². The molecule has 2 heterocycles. The topological polar surface area (TPSA) is 55.1 Å². The zero-order valence-corrected chi connectivity index (χ0v) is 13.4. The number of hydrogen-bond donors (Lipinski definition) is 1. The van der Waals surface area contributed by atoms with E-state index >= 15 is 0 Å². The third-order valence-electron chi connectivity index (χ3n) is 3.17. The van der Waals surface area contributed by atoms with Crippen LogP contribution in [0.1, 0.15) is 5.56 Å². The molecule has 8 heteroatoms. The number of rotatable bonds is 4. The number of amides is 1. The van der Waals surface area contributed by atoms with Crippen molar-refractivity contribution in [3.63, 3.8) is 0 Å². The zero-order chi connectivity index (χ0) is 17.9. The standard InChI is InChI=1S/C17H11F3N2O2S/c18-17(19,20)12(11-5-2-1-3-6-11)9-15(23)22-16-21-13(10-25-16)14-7-4-8-24-14/h1-10H,(H,21,22,23)/b12-9-. The van der Waals surface area contributed by atoms with Crippen LogP contribution in [0.2, 0.25) is 0 Å². The van der Waals surface area contributed by atoms with Crippen LogP contribution in [0.4, 0.5) is 18.3 Å². The predicted octanol–water partition coefficient (Wildman–Crippen LogP) is 4.99. The average Bonchev–Trinajstić information content (AvgIpc) is 3.23. The van der Waals surface area contributed by atoms with Gasteiger partial charge < -0.3 is 4.42 Å². The van der Waals surface area contributed by atoms with Crippen LogP contribution >= 0.6 is 11.3 Å². The number of anilines is 1. The average molecular weight is 364 g/mol. The van der Waals surface area contributed by atoms with Crippen molar-refractivity contribution in [3.8, 4) is 11.5 Å². The summed E-state index contributed by atoms with van der Waals surface area (Å²) >= 11 is 1.09. The van der Waals surface area contributed by atoms with Crippen LogP contribution in [-0.2, 0) is 4.79 Å². The van der Waals surface area contributed by atoms with Crippen LogP contribution in [0, 0.1) is 0 Å². The molecule has 0 aliphatic carbocycles. The third kappa shape index (κ3) is 4.16. The van der Waals surface area contributed by atoms with Gasteiger partial charge in [-0.25, -0.2) is 4.98 Å². The summed E-state index contributed by atoms with van der Waals surface area (Å²) in [5, 5.41) is 4.17. The third-order valence-corrected chi connectivity index (χ3v) is 3.93. The second-order valence-electron chi connectivity index (χ2n) is 4.93. The Morgan fingerprint density at radius 1 is 1.16 bits per heavy atom. The Balaban J connectivity index is 1.81. The van der Waals surface area contributed by atoms with Gasteiger partial charge in [0, 0.05) is 11.5 Å². The molecule has 3 rings (SSSR count). The molecular formula is C17H11F3N2O2S. The van der Waals surface area contributed by atoms with E-state index in [1.807, 2.05) is 0 Å². The number of halogens is 3. The number of alkyl halides is 3.